The molecule has 0 aromatic carbocycles. The number of hydrogen-bond donors (Lipinski definition) is 3. The van der Waals surface area contributed by atoms with Crippen molar-refractivity contribution in [2.24, 2.45) is 5.73 Å². The van der Waals surface area contributed by atoms with E-state index in [0.29, 0.717) is 0 Å². The molecule has 0 spiro atoms. The Labute approximate surface area is 103 Å². The second kappa shape index (κ2) is 8.27. The Bertz CT molecular complexity index is 218. The van der Waals surface area contributed by atoms with Crippen LogP contribution in [0.1, 0.15) is 12.8 Å². The SMILES string of the molecule is CNCCOCCN1CCC(NC(N)=O)CC1. The number of hydrogen-bond acceptors (Lipinski definition) is 4. The molecular formula is C11H24N4O2. The number of rotatable bonds is 7. The number of amides is 2. The maximum atomic E-state index is 10.7. The highest BCUT2D eigenvalue weighted by atomic mass is 16.5. The Morgan fingerprint density at radius 1 is 1.41 bits per heavy atom. The lowest BCUT2D eigenvalue weighted by Gasteiger charge is -2.31. The Morgan fingerprint density at radius 2 is 2.12 bits per heavy atom. The smallest absolute Gasteiger partial charge is 0.312 e. The first-order valence-electron chi connectivity index (χ1n) is 6.23. The molecule has 0 aromatic heterocycles. The molecule has 4 N–H and O–H groups in total. The molecule has 2 amide bonds. The summed E-state index contributed by atoms with van der Waals surface area (Å²) in [5.41, 5.74) is 5.10. The van der Waals surface area contributed by atoms with E-state index in [2.05, 4.69) is 15.5 Å². The summed E-state index contributed by atoms with van der Waals surface area (Å²) in [6.45, 7) is 5.39. The van der Waals surface area contributed by atoms with Crippen molar-refractivity contribution >= 4 is 6.03 Å². The number of ether oxygens (including phenoxy) is 1. The van der Waals surface area contributed by atoms with Gasteiger partial charge in [0.1, 0.15) is 0 Å². The maximum Gasteiger partial charge on any atom is 0.312 e. The maximum absolute atomic E-state index is 10.7. The van der Waals surface area contributed by atoms with Crippen LogP contribution in [0.2, 0.25) is 0 Å². The molecule has 1 heterocycles. The first kappa shape index (κ1) is 14.2. The Kier molecular flexibility index (Phi) is 6.91. The molecule has 1 aliphatic rings. The van der Waals surface area contributed by atoms with Gasteiger partial charge in [0.2, 0.25) is 0 Å². The Morgan fingerprint density at radius 3 is 2.71 bits per heavy atom. The van der Waals surface area contributed by atoms with Gasteiger partial charge < -0.3 is 26.0 Å². The van der Waals surface area contributed by atoms with Crippen molar-refractivity contribution in [1.82, 2.24) is 15.5 Å². The molecule has 0 aliphatic carbocycles. The zero-order valence-electron chi connectivity index (χ0n) is 10.6. The minimum atomic E-state index is -0.418. The molecule has 1 aliphatic heterocycles. The average molecular weight is 244 g/mol. The number of carbonyl (C=O) groups is 1. The van der Waals surface area contributed by atoms with Crippen LogP contribution in [-0.4, -0.2) is 63.4 Å². The summed E-state index contributed by atoms with van der Waals surface area (Å²) in [5, 5.41) is 5.80. The predicted molar refractivity (Wildman–Crippen MR) is 66.9 cm³/mol. The molecule has 0 aromatic rings. The molecule has 1 rings (SSSR count). The second-order valence-corrected chi connectivity index (χ2v) is 4.34. The van der Waals surface area contributed by atoms with Crippen LogP contribution < -0.4 is 16.4 Å². The minimum absolute atomic E-state index is 0.244. The molecule has 17 heavy (non-hydrogen) atoms. The molecule has 6 heteroatoms. The van der Waals surface area contributed by atoms with Crippen LogP contribution in [0.15, 0.2) is 0 Å². The van der Waals surface area contributed by atoms with Gasteiger partial charge in [0, 0.05) is 32.2 Å². The molecule has 6 nitrogen and oxygen atoms in total. The third kappa shape index (κ3) is 6.45. The topological polar surface area (TPSA) is 79.6 Å². The zero-order chi connectivity index (χ0) is 12.5. The molecule has 0 saturated carbocycles. The fourth-order valence-electron chi connectivity index (χ4n) is 1.97. The van der Waals surface area contributed by atoms with Crippen LogP contribution in [0.4, 0.5) is 4.79 Å². The summed E-state index contributed by atoms with van der Waals surface area (Å²) in [6.07, 6.45) is 1.94. The van der Waals surface area contributed by atoms with E-state index < -0.39 is 6.03 Å². The van der Waals surface area contributed by atoms with Gasteiger partial charge in [-0.25, -0.2) is 4.79 Å². The first-order chi connectivity index (χ1) is 8.22. The molecule has 1 saturated heterocycles. The lowest BCUT2D eigenvalue weighted by Crippen LogP contribution is -2.46. The van der Waals surface area contributed by atoms with E-state index in [-0.39, 0.29) is 6.04 Å². The van der Waals surface area contributed by atoms with E-state index in [9.17, 15) is 4.79 Å². The molecule has 1 fully saturated rings. The third-order valence-corrected chi connectivity index (χ3v) is 2.98. The number of nitrogens with two attached hydrogens (primary N) is 1. The van der Waals surface area contributed by atoms with Gasteiger partial charge in [-0.1, -0.05) is 0 Å². The Balaban J connectivity index is 2.01. The van der Waals surface area contributed by atoms with Crippen LogP contribution in [-0.2, 0) is 4.74 Å². The fourth-order valence-corrected chi connectivity index (χ4v) is 1.97. The predicted octanol–water partition coefficient (Wildman–Crippen LogP) is -0.645. The molecule has 0 unspecified atom stereocenters. The highest BCUT2D eigenvalue weighted by Gasteiger charge is 2.19. The first-order valence-corrected chi connectivity index (χ1v) is 6.23. The van der Waals surface area contributed by atoms with Crippen LogP contribution in [0.25, 0.3) is 0 Å². The van der Waals surface area contributed by atoms with Crippen molar-refractivity contribution in [3.63, 3.8) is 0 Å². The summed E-state index contributed by atoms with van der Waals surface area (Å²) in [5.74, 6) is 0. The standard InChI is InChI=1S/C11H24N4O2/c1-13-4-8-17-9-7-15-5-2-10(3-6-15)14-11(12)16/h10,13H,2-9H2,1H3,(H3,12,14,16). The van der Waals surface area contributed by atoms with Gasteiger partial charge in [-0.15, -0.1) is 0 Å². The lowest BCUT2D eigenvalue weighted by atomic mass is 10.1. The lowest BCUT2D eigenvalue weighted by molar-refractivity contribution is 0.0945. The van der Waals surface area contributed by atoms with E-state index in [1.165, 1.54) is 0 Å². The van der Waals surface area contributed by atoms with Crippen molar-refractivity contribution < 1.29 is 9.53 Å². The van der Waals surface area contributed by atoms with Crippen LogP contribution in [0, 0.1) is 0 Å². The van der Waals surface area contributed by atoms with Crippen molar-refractivity contribution in [2.75, 3.05) is 46.4 Å². The van der Waals surface area contributed by atoms with Crippen molar-refractivity contribution in [3.8, 4) is 0 Å². The zero-order valence-corrected chi connectivity index (χ0v) is 10.6. The largest absolute Gasteiger partial charge is 0.379 e. The van der Waals surface area contributed by atoms with Gasteiger partial charge in [0.15, 0.2) is 0 Å². The molecule has 0 radical (unpaired) electrons. The highest BCUT2D eigenvalue weighted by Crippen LogP contribution is 2.09. The summed E-state index contributed by atoms with van der Waals surface area (Å²) >= 11 is 0. The molecular weight excluding hydrogens is 220 g/mol. The monoisotopic (exact) mass is 244 g/mol. The number of likely N-dealkylation sites (N-methyl/N-ethyl adjacent to an activating group) is 1. The highest BCUT2D eigenvalue weighted by molar-refractivity contribution is 5.71. The second-order valence-electron chi connectivity index (χ2n) is 4.34. The Hall–Kier alpha value is -0.850. The van der Waals surface area contributed by atoms with E-state index in [1.54, 1.807) is 0 Å². The molecule has 100 valence electrons. The average Bonchev–Trinajstić information content (AvgIpc) is 2.30. The van der Waals surface area contributed by atoms with Crippen molar-refractivity contribution in [3.05, 3.63) is 0 Å². The van der Waals surface area contributed by atoms with E-state index in [1.807, 2.05) is 7.05 Å². The third-order valence-electron chi connectivity index (χ3n) is 2.98. The summed E-state index contributed by atoms with van der Waals surface area (Å²) < 4.78 is 5.47. The van der Waals surface area contributed by atoms with Crippen LogP contribution >= 0.6 is 0 Å². The number of nitrogens with one attached hydrogen (secondary N) is 2. The van der Waals surface area contributed by atoms with E-state index in [4.69, 9.17) is 10.5 Å². The van der Waals surface area contributed by atoms with Gasteiger partial charge in [-0.2, -0.15) is 0 Å². The summed E-state index contributed by atoms with van der Waals surface area (Å²) in [7, 11) is 1.92. The van der Waals surface area contributed by atoms with Crippen LogP contribution in [0.3, 0.4) is 0 Å². The summed E-state index contributed by atoms with van der Waals surface area (Å²) in [6, 6.07) is -0.173. The number of likely N-dealkylation sites (tertiary alicyclic amines) is 1. The van der Waals surface area contributed by atoms with Gasteiger partial charge in [-0.05, 0) is 19.9 Å². The minimum Gasteiger partial charge on any atom is -0.379 e. The molecule has 0 atom stereocenters. The van der Waals surface area contributed by atoms with E-state index in [0.717, 1.165) is 52.2 Å². The normalized spacial score (nSPS) is 18.2. The van der Waals surface area contributed by atoms with Gasteiger partial charge in [-0.3, -0.25) is 0 Å². The van der Waals surface area contributed by atoms with Gasteiger partial charge in [0.25, 0.3) is 0 Å². The number of primary amides is 1. The summed E-state index contributed by atoms with van der Waals surface area (Å²) in [4.78, 5) is 13.1. The fraction of sp³-hybridized carbons (Fsp3) is 0.909. The number of carbonyl (C=O) groups excluding carboxylic acids is 1. The van der Waals surface area contributed by atoms with Crippen LogP contribution in [0.5, 0.6) is 0 Å². The van der Waals surface area contributed by atoms with Crippen molar-refractivity contribution in [1.29, 1.82) is 0 Å². The number of nitrogens with zero attached hydrogens (tertiary/aromatic N) is 1. The van der Waals surface area contributed by atoms with Gasteiger partial charge >= 0.3 is 6.03 Å². The number of urea groups is 1. The van der Waals surface area contributed by atoms with Crippen molar-refractivity contribution in [2.45, 2.75) is 18.9 Å². The number of piperidine rings is 1. The molecule has 0 bridgehead atoms. The quantitative estimate of drug-likeness (QED) is 0.520. The van der Waals surface area contributed by atoms with Gasteiger partial charge in [0.05, 0.1) is 13.2 Å². The van der Waals surface area contributed by atoms with E-state index >= 15 is 0 Å².